The van der Waals surface area contributed by atoms with Crippen molar-refractivity contribution < 1.29 is 23.4 Å². The van der Waals surface area contributed by atoms with Crippen molar-refractivity contribution in [3.63, 3.8) is 0 Å². The van der Waals surface area contributed by atoms with Gasteiger partial charge in [0, 0.05) is 26.2 Å². The molecule has 1 fully saturated rings. The average molecular weight is 521 g/mol. The van der Waals surface area contributed by atoms with E-state index < -0.39 is 6.04 Å². The van der Waals surface area contributed by atoms with Gasteiger partial charge >= 0.3 is 0 Å². The Balaban J connectivity index is 1.53. The van der Waals surface area contributed by atoms with E-state index in [9.17, 15) is 9.59 Å². The van der Waals surface area contributed by atoms with Crippen LogP contribution in [0.25, 0.3) is 11.0 Å². The molecule has 2 aromatic carbocycles. The summed E-state index contributed by atoms with van der Waals surface area (Å²) in [5.41, 5.74) is 2.41. The van der Waals surface area contributed by atoms with Crippen molar-refractivity contribution >= 4 is 16.9 Å². The van der Waals surface area contributed by atoms with Crippen molar-refractivity contribution in [3.05, 3.63) is 69.1 Å². The lowest BCUT2D eigenvalue weighted by Gasteiger charge is -2.29. The summed E-state index contributed by atoms with van der Waals surface area (Å²) >= 11 is 0. The number of aryl methyl sites for hydroxylation is 1. The van der Waals surface area contributed by atoms with E-state index in [0.717, 1.165) is 63.2 Å². The fraction of sp³-hybridized carbons (Fsp3) is 0.467. The molecule has 1 aromatic heterocycles. The third kappa shape index (κ3) is 5.15. The maximum Gasteiger partial charge on any atom is 0.290 e. The lowest BCUT2D eigenvalue weighted by atomic mass is 9.97. The zero-order valence-corrected chi connectivity index (χ0v) is 22.5. The second-order valence-electron chi connectivity index (χ2n) is 9.99. The minimum atomic E-state index is -0.568. The van der Waals surface area contributed by atoms with Crippen LogP contribution >= 0.6 is 0 Å². The molecule has 0 spiro atoms. The Hall–Kier alpha value is -3.36. The fourth-order valence-corrected chi connectivity index (χ4v) is 5.30. The van der Waals surface area contributed by atoms with Gasteiger partial charge in [0.25, 0.3) is 5.91 Å². The van der Waals surface area contributed by atoms with E-state index in [-0.39, 0.29) is 17.1 Å². The summed E-state index contributed by atoms with van der Waals surface area (Å²) in [6.07, 6.45) is 2.75. The Morgan fingerprint density at radius 1 is 1.00 bits per heavy atom. The summed E-state index contributed by atoms with van der Waals surface area (Å²) in [7, 11) is 1.60. The monoisotopic (exact) mass is 520 g/mol. The van der Waals surface area contributed by atoms with E-state index in [2.05, 4.69) is 11.8 Å². The third-order valence-corrected chi connectivity index (χ3v) is 7.36. The Bertz CT molecular complexity index is 1360. The SMILES string of the molecule is CCCCOc1ccc(C2c3c(oc4ccc(C)cc4c3=O)C(=O)N2CCCN2CCOCC2)cc1OC. The predicted molar refractivity (Wildman–Crippen MR) is 145 cm³/mol. The highest BCUT2D eigenvalue weighted by atomic mass is 16.5. The van der Waals surface area contributed by atoms with Crippen LogP contribution < -0.4 is 14.9 Å². The number of hydrogen-bond donors (Lipinski definition) is 0. The fourth-order valence-electron chi connectivity index (χ4n) is 5.30. The van der Waals surface area contributed by atoms with Gasteiger partial charge in [-0.15, -0.1) is 0 Å². The maximum absolute atomic E-state index is 13.8. The van der Waals surface area contributed by atoms with Crippen molar-refractivity contribution in [2.75, 3.05) is 53.1 Å². The highest BCUT2D eigenvalue weighted by molar-refractivity contribution is 5.99. The molecule has 2 aliphatic rings. The molecular formula is C30H36N2O6. The lowest BCUT2D eigenvalue weighted by Crippen LogP contribution is -2.38. The number of unbranched alkanes of at least 4 members (excludes halogenated alkanes) is 1. The second-order valence-corrected chi connectivity index (χ2v) is 9.99. The van der Waals surface area contributed by atoms with Gasteiger partial charge in [-0.1, -0.05) is 31.0 Å². The van der Waals surface area contributed by atoms with Crippen LogP contribution in [0, 0.1) is 6.92 Å². The standard InChI is InChI=1S/C30H36N2O6/c1-4-5-15-37-24-10-8-21(19-25(24)35-3)27-26-28(33)22-18-20(2)7-9-23(22)38-29(26)30(34)32(27)12-6-11-31-13-16-36-17-14-31/h7-10,18-19,27H,4-6,11-17H2,1-3H3. The molecule has 3 aromatic rings. The van der Waals surface area contributed by atoms with Crippen molar-refractivity contribution in [2.45, 2.75) is 39.2 Å². The average Bonchev–Trinajstić information content (AvgIpc) is 3.21. The van der Waals surface area contributed by atoms with Crippen LogP contribution in [-0.4, -0.2) is 68.8 Å². The molecule has 1 unspecified atom stereocenters. The number of carbonyl (C=O) groups excluding carboxylic acids is 1. The summed E-state index contributed by atoms with van der Waals surface area (Å²) in [6, 6.07) is 10.6. The topological polar surface area (TPSA) is 81.5 Å². The molecule has 3 heterocycles. The number of nitrogens with zero attached hydrogens (tertiary/aromatic N) is 2. The largest absolute Gasteiger partial charge is 0.493 e. The van der Waals surface area contributed by atoms with Crippen LogP contribution in [0.15, 0.2) is 45.6 Å². The molecule has 38 heavy (non-hydrogen) atoms. The first-order valence-corrected chi connectivity index (χ1v) is 13.5. The minimum absolute atomic E-state index is 0.130. The molecule has 1 atom stereocenters. The van der Waals surface area contributed by atoms with Gasteiger partial charge in [-0.3, -0.25) is 14.5 Å². The van der Waals surface area contributed by atoms with Crippen LogP contribution in [0.4, 0.5) is 0 Å². The predicted octanol–water partition coefficient (Wildman–Crippen LogP) is 4.56. The van der Waals surface area contributed by atoms with Gasteiger partial charge in [0.05, 0.1) is 43.9 Å². The number of morpholine rings is 1. The van der Waals surface area contributed by atoms with Gasteiger partial charge in [0.1, 0.15) is 5.58 Å². The summed E-state index contributed by atoms with van der Waals surface area (Å²) in [6.45, 7) is 9.24. The molecule has 0 N–H and O–H groups in total. The Morgan fingerprint density at radius 3 is 2.58 bits per heavy atom. The first-order chi connectivity index (χ1) is 18.5. The molecule has 2 aliphatic heterocycles. The molecule has 8 nitrogen and oxygen atoms in total. The molecule has 0 bridgehead atoms. The molecule has 1 saturated heterocycles. The number of methoxy groups -OCH3 is 1. The van der Waals surface area contributed by atoms with Crippen LogP contribution in [0.1, 0.15) is 59.5 Å². The van der Waals surface area contributed by atoms with Crippen LogP contribution in [-0.2, 0) is 4.74 Å². The molecule has 0 aliphatic carbocycles. The Labute approximate surface area is 223 Å². The number of carbonyl (C=O) groups is 1. The number of fused-ring (bicyclic) bond motifs is 2. The number of hydrogen-bond acceptors (Lipinski definition) is 7. The molecule has 1 amide bonds. The van der Waals surface area contributed by atoms with Gasteiger partial charge < -0.3 is 23.5 Å². The summed E-state index contributed by atoms with van der Waals surface area (Å²) < 4.78 is 23.1. The highest BCUT2D eigenvalue weighted by Gasteiger charge is 2.42. The molecular weight excluding hydrogens is 484 g/mol. The van der Waals surface area contributed by atoms with E-state index in [1.165, 1.54) is 0 Å². The van der Waals surface area contributed by atoms with Crippen molar-refractivity contribution in [3.8, 4) is 11.5 Å². The van der Waals surface area contributed by atoms with Crippen molar-refractivity contribution in [1.29, 1.82) is 0 Å². The highest BCUT2D eigenvalue weighted by Crippen LogP contribution is 2.41. The summed E-state index contributed by atoms with van der Waals surface area (Å²) in [5, 5.41) is 0.489. The van der Waals surface area contributed by atoms with E-state index in [1.54, 1.807) is 18.1 Å². The van der Waals surface area contributed by atoms with Gasteiger partial charge in [-0.25, -0.2) is 0 Å². The van der Waals surface area contributed by atoms with Gasteiger partial charge in [0.15, 0.2) is 16.9 Å². The molecule has 0 saturated carbocycles. The van der Waals surface area contributed by atoms with E-state index in [4.69, 9.17) is 18.6 Å². The zero-order chi connectivity index (χ0) is 26.6. The molecule has 202 valence electrons. The first-order valence-electron chi connectivity index (χ1n) is 13.5. The first kappa shape index (κ1) is 26.3. The minimum Gasteiger partial charge on any atom is -0.493 e. The smallest absolute Gasteiger partial charge is 0.290 e. The van der Waals surface area contributed by atoms with Crippen molar-refractivity contribution in [1.82, 2.24) is 9.80 Å². The summed E-state index contributed by atoms with van der Waals surface area (Å²) in [5.74, 6) is 1.10. The van der Waals surface area contributed by atoms with Gasteiger partial charge in [0.2, 0.25) is 5.76 Å². The number of amides is 1. The normalized spacial score (nSPS) is 17.7. The maximum atomic E-state index is 13.8. The number of benzene rings is 2. The Kier molecular flexibility index (Phi) is 8.00. The third-order valence-electron chi connectivity index (χ3n) is 7.36. The van der Waals surface area contributed by atoms with Crippen LogP contribution in [0.5, 0.6) is 11.5 Å². The summed E-state index contributed by atoms with van der Waals surface area (Å²) in [4.78, 5) is 31.7. The van der Waals surface area contributed by atoms with E-state index in [1.807, 2.05) is 37.3 Å². The Morgan fingerprint density at radius 2 is 1.82 bits per heavy atom. The molecule has 0 radical (unpaired) electrons. The van der Waals surface area contributed by atoms with Crippen LogP contribution in [0.3, 0.4) is 0 Å². The number of ether oxygens (including phenoxy) is 3. The van der Waals surface area contributed by atoms with E-state index in [0.29, 0.717) is 41.2 Å². The quantitative estimate of drug-likeness (QED) is 0.363. The van der Waals surface area contributed by atoms with E-state index >= 15 is 0 Å². The second kappa shape index (κ2) is 11.6. The lowest BCUT2D eigenvalue weighted by molar-refractivity contribution is 0.0353. The van der Waals surface area contributed by atoms with Crippen LogP contribution in [0.2, 0.25) is 0 Å². The molecule has 5 rings (SSSR count). The van der Waals surface area contributed by atoms with Gasteiger partial charge in [-0.2, -0.15) is 0 Å². The van der Waals surface area contributed by atoms with Gasteiger partial charge in [-0.05, 0) is 49.6 Å². The zero-order valence-electron chi connectivity index (χ0n) is 22.5. The number of rotatable bonds is 10. The molecule has 8 heteroatoms. The van der Waals surface area contributed by atoms with Crippen molar-refractivity contribution in [2.24, 2.45) is 0 Å².